The molecule has 1 unspecified atom stereocenters. The summed E-state index contributed by atoms with van der Waals surface area (Å²) in [6.45, 7) is 0.614. The number of benzene rings is 3. The van der Waals surface area contributed by atoms with Gasteiger partial charge in [-0.05, 0) is 59.4 Å². The van der Waals surface area contributed by atoms with Crippen LogP contribution in [-0.2, 0) is 24.2 Å². The lowest BCUT2D eigenvalue weighted by Gasteiger charge is -2.37. The number of aromatic hydroxyl groups is 3. The molecule has 1 amide bonds. The Balaban J connectivity index is 1.61. The van der Waals surface area contributed by atoms with Crippen LogP contribution in [0.15, 0.2) is 66.7 Å². The van der Waals surface area contributed by atoms with Crippen molar-refractivity contribution in [1.82, 2.24) is 4.90 Å². The summed E-state index contributed by atoms with van der Waals surface area (Å²) in [5, 5.41) is 29.5. The van der Waals surface area contributed by atoms with Gasteiger partial charge in [0.15, 0.2) is 11.5 Å². The summed E-state index contributed by atoms with van der Waals surface area (Å²) in [5.41, 5.74) is 3.50. The first kappa shape index (κ1) is 19.6. The molecule has 0 spiro atoms. The van der Waals surface area contributed by atoms with E-state index in [9.17, 15) is 20.1 Å². The number of nitrogens with zero attached hydrogens (tertiary/aromatic N) is 1. The lowest BCUT2D eigenvalue weighted by atomic mass is 9.88. The average molecular weight is 405 g/mol. The maximum absolute atomic E-state index is 12.9. The molecule has 1 heterocycles. The van der Waals surface area contributed by atoms with Crippen LogP contribution in [0, 0.1) is 0 Å². The van der Waals surface area contributed by atoms with Crippen LogP contribution in [0.5, 0.6) is 17.2 Å². The number of amides is 1. The molecule has 3 aromatic rings. The van der Waals surface area contributed by atoms with E-state index in [1.54, 1.807) is 35.2 Å². The Morgan fingerprint density at radius 2 is 1.63 bits per heavy atom. The molecule has 0 saturated carbocycles. The zero-order valence-electron chi connectivity index (χ0n) is 16.4. The number of fused-ring (bicyclic) bond motifs is 1. The largest absolute Gasteiger partial charge is 0.508 e. The molecule has 154 valence electrons. The standard InChI is InChI=1S/C24H23NO5/c26-19-8-6-16(7-9-19)12-21-20-14-23(28)22(27)13-18(20)10-11-25(21)24(29)30-15-17-4-2-1-3-5-17/h1-9,13-14,21,26-28H,10-12,15H2. The number of carbonyl (C=O) groups is 1. The van der Waals surface area contributed by atoms with Crippen molar-refractivity contribution in [2.45, 2.75) is 25.5 Å². The van der Waals surface area contributed by atoms with E-state index < -0.39 is 6.09 Å². The number of ether oxygens (including phenoxy) is 1. The Morgan fingerprint density at radius 1 is 0.933 bits per heavy atom. The summed E-state index contributed by atoms with van der Waals surface area (Å²) in [6.07, 6.45) is 0.606. The molecule has 0 bridgehead atoms. The van der Waals surface area contributed by atoms with Gasteiger partial charge in [0.2, 0.25) is 0 Å². The molecule has 1 aliphatic heterocycles. The number of rotatable bonds is 4. The summed E-state index contributed by atoms with van der Waals surface area (Å²) < 4.78 is 5.56. The lowest BCUT2D eigenvalue weighted by molar-refractivity contribution is 0.0768. The predicted molar refractivity (Wildman–Crippen MR) is 111 cm³/mol. The van der Waals surface area contributed by atoms with E-state index in [2.05, 4.69) is 0 Å². The Bertz CT molecular complexity index is 1030. The Morgan fingerprint density at radius 3 is 2.37 bits per heavy atom. The van der Waals surface area contributed by atoms with Crippen LogP contribution in [0.3, 0.4) is 0 Å². The van der Waals surface area contributed by atoms with Crippen LogP contribution in [0.1, 0.15) is 28.3 Å². The van der Waals surface area contributed by atoms with Gasteiger partial charge in [0, 0.05) is 6.54 Å². The van der Waals surface area contributed by atoms with Crippen molar-refractivity contribution < 1.29 is 24.9 Å². The first-order valence-corrected chi connectivity index (χ1v) is 9.81. The third-order valence-electron chi connectivity index (χ3n) is 5.40. The normalized spacial score (nSPS) is 15.5. The van der Waals surface area contributed by atoms with Crippen molar-refractivity contribution in [2.24, 2.45) is 0 Å². The fourth-order valence-corrected chi connectivity index (χ4v) is 3.82. The molecule has 0 aromatic heterocycles. The van der Waals surface area contributed by atoms with Crippen molar-refractivity contribution in [3.8, 4) is 17.2 Å². The van der Waals surface area contributed by atoms with Gasteiger partial charge in [-0.25, -0.2) is 4.79 Å². The van der Waals surface area contributed by atoms with Crippen LogP contribution >= 0.6 is 0 Å². The maximum Gasteiger partial charge on any atom is 0.410 e. The van der Waals surface area contributed by atoms with Gasteiger partial charge in [-0.2, -0.15) is 0 Å². The van der Waals surface area contributed by atoms with Crippen molar-refractivity contribution in [3.63, 3.8) is 0 Å². The Kier molecular flexibility index (Phi) is 5.48. The van der Waals surface area contributed by atoms with Crippen molar-refractivity contribution in [2.75, 3.05) is 6.54 Å². The number of phenolic OH excluding ortho intramolecular Hbond substituents is 3. The minimum Gasteiger partial charge on any atom is -0.508 e. The van der Waals surface area contributed by atoms with Gasteiger partial charge in [-0.15, -0.1) is 0 Å². The zero-order chi connectivity index (χ0) is 21.1. The molecule has 6 heteroatoms. The molecule has 1 atom stereocenters. The van der Waals surface area contributed by atoms with Gasteiger partial charge >= 0.3 is 6.09 Å². The SMILES string of the molecule is O=C(OCc1ccccc1)N1CCc2cc(O)c(O)cc2C1Cc1ccc(O)cc1. The van der Waals surface area contributed by atoms with E-state index in [1.807, 2.05) is 30.3 Å². The topological polar surface area (TPSA) is 90.2 Å². The monoisotopic (exact) mass is 405 g/mol. The van der Waals surface area contributed by atoms with E-state index in [-0.39, 0.29) is 29.9 Å². The molecule has 3 aromatic carbocycles. The molecular weight excluding hydrogens is 382 g/mol. The highest BCUT2D eigenvalue weighted by atomic mass is 16.6. The van der Waals surface area contributed by atoms with Crippen LogP contribution in [-0.4, -0.2) is 32.9 Å². The summed E-state index contributed by atoms with van der Waals surface area (Å²) >= 11 is 0. The number of hydrogen-bond donors (Lipinski definition) is 3. The predicted octanol–water partition coefficient (Wildman–Crippen LogP) is 4.28. The summed E-state index contributed by atoms with van der Waals surface area (Å²) in [6, 6.07) is 19.0. The van der Waals surface area contributed by atoms with Crippen LogP contribution in [0.2, 0.25) is 0 Å². The minimum atomic E-state index is -0.430. The van der Waals surface area contributed by atoms with Gasteiger partial charge in [-0.3, -0.25) is 0 Å². The number of hydrogen-bond acceptors (Lipinski definition) is 5. The molecule has 0 aliphatic carbocycles. The van der Waals surface area contributed by atoms with Crippen LogP contribution < -0.4 is 0 Å². The quantitative estimate of drug-likeness (QED) is 0.564. The first-order valence-electron chi connectivity index (χ1n) is 9.81. The second-order valence-corrected chi connectivity index (χ2v) is 7.41. The fourth-order valence-electron chi connectivity index (χ4n) is 3.82. The molecule has 0 fully saturated rings. The molecule has 4 rings (SSSR count). The molecular formula is C24H23NO5. The highest BCUT2D eigenvalue weighted by Gasteiger charge is 2.33. The Hall–Kier alpha value is -3.67. The van der Waals surface area contributed by atoms with Gasteiger partial charge in [0.1, 0.15) is 12.4 Å². The third-order valence-corrected chi connectivity index (χ3v) is 5.40. The van der Waals surface area contributed by atoms with Gasteiger partial charge in [-0.1, -0.05) is 42.5 Å². The van der Waals surface area contributed by atoms with Crippen molar-refractivity contribution >= 4 is 6.09 Å². The Labute approximate surface area is 174 Å². The highest BCUT2D eigenvalue weighted by molar-refractivity contribution is 5.69. The average Bonchev–Trinajstić information content (AvgIpc) is 2.75. The van der Waals surface area contributed by atoms with E-state index in [4.69, 9.17) is 4.74 Å². The van der Waals surface area contributed by atoms with Crippen LogP contribution in [0.25, 0.3) is 0 Å². The molecule has 6 nitrogen and oxygen atoms in total. The summed E-state index contributed by atoms with van der Waals surface area (Å²) in [5.74, 6) is -0.217. The zero-order valence-corrected chi connectivity index (χ0v) is 16.4. The molecule has 0 saturated heterocycles. The first-order chi connectivity index (χ1) is 14.5. The van der Waals surface area contributed by atoms with Gasteiger partial charge < -0.3 is 25.0 Å². The second-order valence-electron chi connectivity index (χ2n) is 7.41. The maximum atomic E-state index is 12.9. The van der Waals surface area contributed by atoms with E-state index >= 15 is 0 Å². The molecule has 30 heavy (non-hydrogen) atoms. The minimum absolute atomic E-state index is 0.169. The van der Waals surface area contributed by atoms with E-state index in [0.717, 1.165) is 22.3 Å². The smallest absolute Gasteiger partial charge is 0.410 e. The van der Waals surface area contributed by atoms with Crippen LogP contribution in [0.4, 0.5) is 4.79 Å². The van der Waals surface area contributed by atoms with E-state index in [1.165, 1.54) is 6.07 Å². The molecule has 0 radical (unpaired) electrons. The molecule has 1 aliphatic rings. The third kappa shape index (κ3) is 4.17. The number of phenols is 3. The summed E-state index contributed by atoms with van der Waals surface area (Å²) in [7, 11) is 0. The fraction of sp³-hybridized carbons (Fsp3) is 0.208. The molecule has 3 N–H and O–H groups in total. The van der Waals surface area contributed by atoms with Crippen molar-refractivity contribution in [3.05, 3.63) is 89.0 Å². The van der Waals surface area contributed by atoms with Gasteiger partial charge in [0.05, 0.1) is 6.04 Å². The van der Waals surface area contributed by atoms with Crippen molar-refractivity contribution in [1.29, 1.82) is 0 Å². The number of carbonyl (C=O) groups excluding carboxylic acids is 1. The highest BCUT2D eigenvalue weighted by Crippen LogP contribution is 2.39. The second kappa shape index (κ2) is 8.37. The summed E-state index contributed by atoms with van der Waals surface area (Å²) in [4.78, 5) is 14.6. The van der Waals surface area contributed by atoms with E-state index in [0.29, 0.717) is 19.4 Å². The lowest BCUT2D eigenvalue weighted by Crippen LogP contribution is -2.41. The van der Waals surface area contributed by atoms with Gasteiger partial charge in [0.25, 0.3) is 0 Å².